The van der Waals surface area contributed by atoms with Crippen LogP contribution in [0, 0.1) is 0 Å². The van der Waals surface area contributed by atoms with E-state index < -0.39 is 0 Å². The topological polar surface area (TPSA) is 61.2 Å². The van der Waals surface area contributed by atoms with Crippen molar-refractivity contribution in [3.8, 4) is 5.75 Å². The molecule has 0 spiro atoms. The lowest BCUT2D eigenvalue weighted by atomic mass is 10.0. The van der Waals surface area contributed by atoms with Gasteiger partial charge >= 0.3 is 0 Å². The number of fused-ring (bicyclic) bond motifs is 1. The summed E-state index contributed by atoms with van der Waals surface area (Å²) < 4.78 is 6.03. The van der Waals surface area contributed by atoms with E-state index in [1.54, 1.807) is 0 Å². The molecule has 4 N–H and O–H groups in total. The smallest absolute Gasteiger partial charge is 0.221 e. The van der Waals surface area contributed by atoms with Gasteiger partial charge < -0.3 is 10.5 Å². The normalized spacial score (nSPS) is 10.8. The molecule has 0 bridgehead atoms. The van der Waals surface area contributed by atoms with Crippen LogP contribution in [0.15, 0.2) is 66.7 Å². The summed E-state index contributed by atoms with van der Waals surface area (Å²) in [5.41, 5.74) is 10.2. The number of hydrazine groups is 1. The van der Waals surface area contributed by atoms with Crippen molar-refractivity contribution >= 4 is 34.3 Å². The van der Waals surface area contributed by atoms with Gasteiger partial charge in [-0.3, -0.25) is 0 Å². The number of thiocarbonyl (C=S) groups is 1. The molecule has 0 aliphatic rings. The van der Waals surface area contributed by atoms with Gasteiger partial charge in [0.1, 0.15) is 12.4 Å². The third kappa shape index (κ3) is 3.88. The Morgan fingerprint density at radius 1 is 1.04 bits per heavy atom. The van der Waals surface area contributed by atoms with Gasteiger partial charge in [0, 0.05) is 0 Å². The van der Waals surface area contributed by atoms with Crippen molar-refractivity contribution in [1.82, 2.24) is 5.43 Å². The minimum atomic E-state index is 0.179. The fourth-order valence-electron chi connectivity index (χ4n) is 2.47. The molecule has 5 heteroatoms. The number of benzene rings is 3. The molecule has 0 heterocycles. The summed E-state index contributed by atoms with van der Waals surface area (Å²) in [4.78, 5) is 0. The van der Waals surface area contributed by atoms with Crippen LogP contribution in [0.5, 0.6) is 5.75 Å². The predicted octanol–water partition coefficient (Wildman–Crippen LogP) is 1.67. The first-order chi connectivity index (χ1) is 11.7. The molecule has 0 radical (unpaired) electrons. The monoisotopic (exact) mass is 336 g/mol. The van der Waals surface area contributed by atoms with Gasteiger partial charge in [-0.2, -0.15) is 0 Å². The summed E-state index contributed by atoms with van der Waals surface area (Å²) in [6.07, 6.45) is 1.81. The number of hydrazone groups is 1. The van der Waals surface area contributed by atoms with Crippen molar-refractivity contribution in [3.63, 3.8) is 0 Å². The summed E-state index contributed by atoms with van der Waals surface area (Å²) >= 11 is 4.81. The second kappa shape index (κ2) is 7.57. The minimum absolute atomic E-state index is 0.179. The molecule has 0 aliphatic heterocycles. The molecule has 0 aromatic heterocycles. The zero-order chi connectivity index (χ0) is 16.8. The van der Waals surface area contributed by atoms with Crippen LogP contribution in [0.4, 0.5) is 0 Å². The molecule has 0 atom stereocenters. The lowest BCUT2D eigenvalue weighted by molar-refractivity contribution is -0.499. The average Bonchev–Trinajstić information content (AvgIpc) is 2.61. The summed E-state index contributed by atoms with van der Waals surface area (Å²) in [7, 11) is 0. The maximum absolute atomic E-state index is 6.03. The summed E-state index contributed by atoms with van der Waals surface area (Å²) in [6.45, 7) is 0.503. The highest BCUT2D eigenvalue weighted by atomic mass is 32.1. The van der Waals surface area contributed by atoms with E-state index in [1.165, 1.54) is 0 Å². The average molecular weight is 336 g/mol. The maximum Gasteiger partial charge on any atom is 0.221 e. The molecule has 0 unspecified atom stereocenters. The van der Waals surface area contributed by atoms with Gasteiger partial charge in [0.25, 0.3) is 0 Å². The number of hydrogen-bond acceptors (Lipinski definition) is 2. The van der Waals surface area contributed by atoms with E-state index in [4.69, 9.17) is 22.7 Å². The second-order valence-electron chi connectivity index (χ2n) is 5.25. The Morgan fingerprint density at radius 3 is 2.58 bits per heavy atom. The van der Waals surface area contributed by atoms with E-state index >= 15 is 0 Å². The van der Waals surface area contributed by atoms with Gasteiger partial charge in [-0.15, -0.1) is 10.5 Å². The predicted molar refractivity (Wildman–Crippen MR) is 101 cm³/mol. The number of rotatable bonds is 5. The molecule has 24 heavy (non-hydrogen) atoms. The van der Waals surface area contributed by atoms with E-state index in [9.17, 15) is 0 Å². The Labute approximate surface area is 145 Å². The third-order valence-corrected chi connectivity index (χ3v) is 3.68. The number of hydrogen-bond donors (Lipinski definition) is 3. The molecule has 0 aliphatic carbocycles. The highest BCUT2D eigenvalue weighted by molar-refractivity contribution is 7.80. The van der Waals surface area contributed by atoms with E-state index in [1.807, 2.05) is 60.8 Å². The first-order valence-electron chi connectivity index (χ1n) is 7.57. The lowest BCUT2D eigenvalue weighted by Crippen LogP contribution is -2.82. The van der Waals surface area contributed by atoms with Crippen LogP contribution in [0.2, 0.25) is 0 Å². The Balaban J connectivity index is 1.93. The van der Waals surface area contributed by atoms with E-state index in [2.05, 4.69) is 22.7 Å². The summed E-state index contributed by atoms with van der Waals surface area (Å²) in [6, 6.07) is 22.2. The van der Waals surface area contributed by atoms with Crippen molar-refractivity contribution in [2.45, 2.75) is 6.61 Å². The first kappa shape index (κ1) is 16.0. The van der Waals surface area contributed by atoms with Crippen molar-refractivity contribution in [3.05, 3.63) is 77.9 Å². The molecule has 0 saturated heterocycles. The van der Waals surface area contributed by atoms with Gasteiger partial charge in [-0.05, 0) is 34.6 Å². The molecule has 3 rings (SSSR count). The Hall–Kier alpha value is -2.92. The van der Waals surface area contributed by atoms with Crippen LogP contribution in [-0.4, -0.2) is 11.3 Å². The Kier molecular flexibility index (Phi) is 5.03. The fraction of sp³-hybridized carbons (Fsp3) is 0.0526. The van der Waals surface area contributed by atoms with Crippen LogP contribution >= 0.6 is 12.2 Å². The Bertz CT molecular complexity index is 878. The van der Waals surface area contributed by atoms with Crippen molar-refractivity contribution in [2.75, 3.05) is 0 Å². The molecule has 4 nitrogen and oxygen atoms in total. The van der Waals surface area contributed by atoms with Gasteiger partial charge in [0.15, 0.2) is 0 Å². The molecule has 3 aromatic rings. The van der Waals surface area contributed by atoms with Gasteiger partial charge in [0.2, 0.25) is 11.3 Å². The largest absolute Gasteiger partial charge is 0.488 e. The van der Waals surface area contributed by atoms with E-state index in [0.717, 1.165) is 27.6 Å². The number of nitrogens with one attached hydrogen (secondary N) is 2. The first-order valence-corrected chi connectivity index (χ1v) is 7.97. The second-order valence-corrected chi connectivity index (χ2v) is 5.69. The zero-order valence-electron chi connectivity index (χ0n) is 13.0. The fourth-order valence-corrected chi connectivity index (χ4v) is 2.52. The lowest BCUT2D eigenvalue weighted by Gasteiger charge is -2.10. The van der Waals surface area contributed by atoms with Crippen molar-refractivity contribution in [1.29, 1.82) is 0 Å². The molecular formula is C19H18N3OS+. The van der Waals surface area contributed by atoms with Crippen LogP contribution in [0.3, 0.4) is 0 Å². The molecular weight excluding hydrogens is 318 g/mol. The number of ether oxygens (including phenoxy) is 1. The number of nitrogens with two attached hydrogens (primary N) is 1. The highest BCUT2D eigenvalue weighted by Crippen LogP contribution is 2.26. The Morgan fingerprint density at radius 2 is 1.79 bits per heavy atom. The standard InChI is InChI=1S/C19H17N3OS/c20-19(24)22-21-12-17-16-9-5-4-8-15(16)10-11-18(17)23-13-14-6-2-1-3-7-14/h1-12H,13H2,(H3,20,22,24)/p+1. The third-order valence-electron chi connectivity index (χ3n) is 3.58. The van der Waals surface area contributed by atoms with Gasteiger partial charge in [-0.1, -0.05) is 60.7 Å². The molecule has 0 fully saturated rings. The molecule has 0 amide bonds. The van der Waals surface area contributed by atoms with Gasteiger partial charge in [0.05, 0.1) is 5.56 Å². The highest BCUT2D eigenvalue weighted by Gasteiger charge is 2.10. The van der Waals surface area contributed by atoms with Crippen molar-refractivity contribution < 1.29 is 9.84 Å². The summed E-state index contributed by atoms with van der Waals surface area (Å²) in [5.74, 6) is 0.787. The van der Waals surface area contributed by atoms with Gasteiger partial charge in [-0.25, -0.2) is 0 Å². The quantitative estimate of drug-likeness (QED) is 0.377. The summed E-state index contributed by atoms with van der Waals surface area (Å²) in [5, 5.41) is 5.31. The molecule has 120 valence electrons. The molecule has 0 saturated carbocycles. The SMILES string of the molecule is NC(=S)N[NH+]=Cc1c(OCc2ccccc2)ccc2ccccc12. The van der Waals surface area contributed by atoms with Crippen LogP contribution in [0.25, 0.3) is 10.8 Å². The van der Waals surface area contributed by atoms with Crippen LogP contribution < -0.4 is 21.0 Å². The zero-order valence-corrected chi connectivity index (χ0v) is 13.8. The van der Waals surface area contributed by atoms with Crippen LogP contribution in [0.1, 0.15) is 11.1 Å². The minimum Gasteiger partial charge on any atom is -0.488 e. The van der Waals surface area contributed by atoms with E-state index in [-0.39, 0.29) is 5.11 Å². The van der Waals surface area contributed by atoms with Crippen molar-refractivity contribution in [2.24, 2.45) is 5.73 Å². The molecule has 3 aromatic carbocycles. The maximum atomic E-state index is 6.03. The van der Waals surface area contributed by atoms with E-state index in [0.29, 0.717) is 6.61 Å². The van der Waals surface area contributed by atoms with Crippen LogP contribution in [-0.2, 0) is 6.61 Å².